The first kappa shape index (κ1) is 21.9. The largest absolute Gasteiger partial charge is 0.388 e. The van der Waals surface area contributed by atoms with Crippen molar-refractivity contribution in [3.8, 4) is 0 Å². The normalized spacial score (nSPS) is 25.5. The predicted octanol–water partition coefficient (Wildman–Crippen LogP) is 0.786. The van der Waals surface area contributed by atoms with Crippen LogP contribution in [0.15, 0.2) is 11.0 Å². The molecule has 0 aromatic carbocycles. The molecule has 0 radical (unpaired) electrons. The maximum atomic E-state index is 12.1. The smallest absolute Gasteiger partial charge is 0.262 e. The Morgan fingerprint density at radius 3 is 2.56 bits per heavy atom. The summed E-state index contributed by atoms with van der Waals surface area (Å²) in [4.78, 5) is 37.7. The van der Waals surface area contributed by atoms with Crippen LogP contribution in [-0.2, 0) is 9.53 Å². The molecule has 0 aliphatic carbocycles. The second kappa shape index (κ2) is 8.32. The number of nitrogens with one attached hydrogen (secondary N) is 1. The summed E-state index contributed by atoms with van der Waals surface area (Å²) in [5, 5.41) is 20.7. The first-order chi connectivity index (χ1) is 12.4. The molecule has 150 valence electrons. The van der Waals surface area contributed by atoms with Gasteiger partial charge in [0.2, 0.25) is 0 Å². The molecule has 0 saturated carbocycles. The molecule has 1 aromatic heterocycles. The minimum absolute atomic E-state index is 0.0544. The number of aromatic amines is 1. The molecule has 1 aliphatic heterocycles. The molecule has 0 bridgehead atoms. The molecule has 2 rings (SSSR count). The quantitative estimate of drug-likeness (QED) is 0.260. The van der Waals surface area contributed by atoms with Gasteiger partial charge in [-0.3, -0.25) is 23.9 Å². The molecular formula is C17H25N2O6PS. The fourth-order valence-electron chi connectivity index (χ4n) is 2.87. The lowest BCUT2D eigenvalue weighted by Crippen LogP contribution is -2.33. The Kier molecular flexibility index (Phi) is 6.76. The van der Waals surface area contributed by atoms with Crippen molar-refractivity contribution >= 4 is 37.0 Å². The highest BCUT2D eigenvalue weighted by Gasteiger charge is 2.43. The molecule has 1 aliphatic rings. The number of hydrogen-bond acceptors (Lipinski definition) is 7. The van der Waals surface area contributed by atoms with Gasteiger partial charge in [0, 0.05) is 6.20 Å². The van der Waals surface area contributed by atoms with Gasteiger partial charge < -0.3 is 14.9 Å². The van der Waals surface area contributed by atoms with E-state index in [1.165, 1.54) is 17.7 Å². The van der Waals surface area contributed by atoms with E-state index >= 15 is 0 Å². The second-order valence-electron chi connectivity index (χ2n) is 7.51. The Balaban J connectivity index is 2.33. The highest BCUT2D eigenvalue weighted by atomic mass is 32.1. The van der Waals surface area contributed by atoms with E-state index in [1.807, 2.05) is 0 Å². The molecule has 0 spiro atoms. The molecule has 3 N–H and O–H groups in total. The van der Waals surface area contributed by atoms with E-state index < -0.39 is 49.2 Å². The van der Waals surface area contributed by atoms with Crippen molar-refractivity contribution in [1.82, 2.24) is 9.55 Å². The summed E-state index contributed by atoms with van der Waals surface area (Å²) in [5.41, 5.74) is -0.965. The predicted molar refractivity (Wildman–Crippen MR) is 107 cm³/mol. The van der Waals surface area contributed by atoms with Crippen LogP contribution < -0.4 is 5.56 Å². The summed E-state index contributed by atoms with van der Waals surface area (Å²) in [6.07, 6.45) is 2.08. The summed E-state index contributed by atoms with van der Waals surface area (Å²) in [5.74, 6) is -1.03. The lowest BCUT2D eigenvalue weighted by molar-refractivity contribution is -0.116. The summed E-state index contributed by atoms with van der Waals surface area (Å²) in [7, 11) is 0. The monoisotopic (exact) mass is 416 g/mol. The second-order valence-corrected chi connectivity index (χ2v) is 12.2. The molecule has 1 fully saturated rings. The van der Waals surface area contributed by atoms with E-state index in [9.17, 15) is 24.6 Å². The van der Waals surface area contributed by atoms with Crippen molar-refractivity contribution in [3.05, 3.63) is 26.9 Å². The number of aliphatic hydroxyl groups excluding tert-OH is 2. The van der Waals surface area contributed by atoms with Crippen molar-refractivity contribution in [2.75, 3.05) is 19.5 Å². The number of aromatic nitrogens is 2. The Morgan fingerprint density at radius 1 is 1.37 bits per heavy atom. The van der Waals surface area contributed by atoms with Crippen molar-refractivity contribution in [3.63, 3.8) is 0 Å². The first-order valence-electron chi connectivity index (χ1n) is 8.48. The molecule has 2 heterocycles. The van der Waals surface area contributed by atoms with Crippen LogP contribution in [0.4, 0.5) is 0 Å². The van der Waals surface area contributed by atoms with Crippen LogP contribution in [0.5, 0.6) is 0 Å². The SMILES string of the molecule is C=P(C)(C)CC[C@H]1O[C@@H](n2cc(C(=O)CC(C)=O)c(=O)[nH]c2=S)[C@H](O)[C@@H]1O. The van der Waals surface area contributed by atoms with Gasteiger partial charge in [-0.05, 0) is 45.1 Å². The van der Waals surface area contributed by atoms with E-state index in [2.05, 4.69) is 24.6 Å². The summed E-state index contributed by atoms with van der Waals surface area (Å²) >= 11 is 5.12. The minimum Gasteiger partial charge on any atom is -0.388 e. The highest BCUT2D eigenvalue weighted by Crippen LogP contribution is 2.39. The van der Waals surface area contributed by atoms with Gasteiger partial charge in [-0.2, -0.15) is 0 Å². The van der Waals surface area contributed by atoms with Crippen LogP contribution >= 0.6 is 19.1 Å². The molecule has 1 saturated heterocycles. The minimum atomic E-state index is -1.33. The van der Waals surface area contributed by atoms with Gasteiger partial charge in [0.25, 0.3) is 5.56 Å². The molecule has 27 heavy (non-hydrogen) atoms. The van der Waals surface area contributed by atoms with Gasteiger partial charge in [-0.1, -0.05) is 0 Å². The molecule has 4 atom stereocenters. The summed E-state index contributed by atoms with van der Waals surface area (Å²) in [6.45, 7) is 4.04. The van der Waals surface area contributed by atoms with Crippen LogP contribution in [0.25, 0.3) is 0 Å². The average Bonchev–Trinajstić information content (AvgIpc) is 2.80. The number of ketones is 2. The van der Waals surface area contributed by atoms with Gasteiger partial charge in [0.15, 0.2) is 16.8 Å². The van der Waals surface area contributed by atoms with Gasteiger partial charge in [-0.15, -0.1) is 13.2 Å². The zero-order valence-electron chi connectivity index (χ0n) is 15.5. The standard InChI is InChI=1S/C17H25N2O6PS/c1-9(20)7-11(21)10-8-19(17(27)18-15(10)24)16-14(23)13(22)12(25-16)5-6-26(2,3)4/h8,12-14,16,22-23H,2,5-7H2,1,3-4H3,(H,18,24,27)/t12-,13-,14-,16-/m1/s1. The fourth-order valence-corrected chi connectivity index (χ4v) is 4.07. The number of aliphatic hydroxyl groups is 2. The third-order valence-corrected chi connectivity index (χ3v) is 6.09. The Bertz CT molecular complexity index is 901. The van der Waals surface area contributed by atoms with Crippen molar-refractivity contribution in [2.45, 2.75) is 44.3 Å². The van der Waals surface area contributed by atoms with Crippen LogP contribution in [0, 0.1) is 4.77 Å². The van der Waals surface area contributed by atoms with E-state index in [0.717, 1.165) is 6.16 Å². The lowest BCUT2D eigenvalue weighted by atomic mass is 10.1. The molecule has 0 unspecified atom stereocenters. The Hall–Kier alpha value is -1.38. The zero-order chi connectivity index (χ0) is 20.5. The van der Waals surface area contributed by atoms with Gasteiger partial charge in [-0.25, -0.2) is 0 Å². The van der Waals surface area contributed by atoms with Crippen LogP contribution in [0.2, 0.25) is 0 Å². The average molecular weight is 416 g/mol. The summed E-state index contributed by atoms with van der Waals surface area (Å²) < 4.78 is 6.97. The number of H-pyrrole nitrogens is 1. The number of ether oxygens (including phenoxy) is 1. The highest BCUT2D eigenvalue weighted by molar-refractivity contribution is 7.72. The zero-order valence-corrected chi connectivity index (χ0v) is 17.3. The Labute approximate surface area is 162 Å². The maximum Gasteiger partial charge on any atom is 0.262 e. The van der Waals surface area contributed by atoms with E-state index in [-0.39, 0.29) is 16.1 Å². The lowest BCUT2D eigenvalue weighted by Gasteiger charge is -2.19. The summed E-state index contributed by atoms with van der Waals surface area (Å²) in [6, 6.07) is 0. The molecule has 8 nitrogen and oxygen atoms in total. The van der Waals surface area contributed by atoms with Gasteiger partial charge >= 0.3 is 0 Å². The van der Waals surface area contributed by atoms with E-state index in [0.29, 0.717) is 6.42 Å². The topological polar surface area (TPSA) is 122 Å². The molecular weight excluding hydrogens is 391 g/mol. The number of rotatable bonds is 7. The van der Waals surface area contributed by atoms with Crippen molar-refractivity contribution in [1.29, 1.82) is 0 Å². The molecule has 10 heteroatoms. The van der Waals surface area contributed by atoms with Crippen molar-refractivity contribution < 1.29 is 24.5 Å². The number of nitrogens with zero attached hydrogens (tertiary/aromatic N) is 1. The maximum absolute atomic E-state index is 12.1. The number of hydrogen-bond donors (Lipinski definition) is 3. The van der Waals surface area contributed by atoms with E-state index in [1.54, 1.807) is 0 Å². The first-order valence-corrected chi connectivity index (χ1v) is 11.9. The fraction of sp³-hybridized carbons (Fsp3) is 0.588. The number of carbonyl (C=O) groups excluding carboxylic acids is 2. The van der Waals surface area contributed by atoms with Gasteiger partial charge in [0.05, 0.1) is 18.1 Å². The van der Waals surface area contributed by atoms with Gasteiger partial charge in [0.1, 0.15) is 18.0 Å². The van der Waals surface area contributed by atoms with Crippen LogP contribution in [0.1, 0.15) is 36.4 Å². The van der Waals surface area contributed by atoms with E-state index in [4.69, 9.17) is 17.0 Å². The van der Waals surface area contributed by atoms with Crippen LogP contribution in [0.3, 0.4) is 0 Å². The van der Waals surface area contributed by atoms with Crippen LogP contribution in [-0.4, -0.2) is 75.4 Å². The number of carbonyl (C=O) groups is 2. The third kappa shape index (κ3) is 5.33. The third-order valence-electron chi connectivity index (χ3n) is 4.31. The Morgan fingerprint density at radius 2 is 2.00 bits per heavy atom. The van der Waals surface area contributed by atoms with Crippen molar-refractivity contribution in [2.24, 2.45) is 0 Å². The molecule has 1 aromatic rings. The number of Topliss-reactive ketones (excluding diaryl/α,β-unsaturated/α-hetero) is 2. The molecule has 0 amide bonds.